The Labute approximate surface area is 172 Å². The van der Waals surface area contributed by atoms with Crippen LogP contribution in [0.5, 0.6) is 0 Å². The van der Waals surface area contributed by atoms with E-state index in [9.17, 15) is 13.2 Å². The van der Waals surface area contributed by atoms with Crippen molar-refractivity contribution in [3.8, 4) is 0 Å². The highest BCUT2D eigenvalue weighted by Crippen LogP contribution is 2.31. The molecule has 0 saturated heterocycles. The van der Waals surface area contributed by atoms with Crippen molar-refractivity contribution in [2.45, 2.75) is 25.7 Å². The first-order valence-corrected chi connectivity index (χ1v) is 10.5. The average Bonchev–Trinajstić information content (AvgIpc) is 2.55. The number of anilines is 1. The van der Waals surface area contributed by atoms with Crippen LogP contribution in [0.3, 0.4) is 0 Å². The van der Waals surface area contributed by atoms with Gasteiger partial charge in [-0.2, -0.15) is 0 Å². The van der Waals surface area contributed by atoms with Crippen LogP contribution >= 0.6 is 24.0 Å². The molecule has 9 heteroatoms. The summed E-state index contributed by atoms with van der Waals surface area (Å²) >= 11 is 0. The van der Waals surface area contributed by atoms with Gasteiger partial charge in [0.1, 0.15) is 9.84 Å². The van der Waals surface area contributed by atoms with Crippen molar-refractivity contribution in [3.63, 3.8) is 0 Å². The number of para-hydroxylation sites is 1. The highest BCUT2D eigenvalue weighted by Gasteiger charge is 2.24. The second kappa shape index (κ2) is 10.7. The monoisotopic (exact) mass is 494 g/mol. The number of nitrogens with one attached hydrogen (secondary N) is 3. The lowest BCUT2D eigenvalue weighted by molar-refractivity contribution is -0.116. The summed E-state index contributed by atoms with van der Waals surface area (Å²) in [6.07, 6.45) is 2.17. The van der Waals surface area contributed by atoms with Gasteiger partial charge >= 0.3 is 0 Å². The molecule has 0 saturated carbocycles. The molecule has 146 valence electrons. The van der Waals surface area contributed by atoms with Gasteiger partial charge in [0, 0.05) is 37.4 Å². The van der Waals surface area contributed by atoms with Crippen LogP contribution in [0.2, 0.25) is 0 Å². The molecule has 1 aromatic carbocycles. The van der Waals surface area contributed by atoms with E-state index in [1.807, 2.05) is 31.2 Å². The van der Waals surface area contributed by atoms with E-state index < -0.39 is 9.84 Å². The largest absolute Gasteiger partial charge is 0.357 e. The lowest BCUT2D eigenvalue weighted by Crippen LogP contribution is -2.38. The van der Waals surface area contributed by atoms with E-state index in [0.29, 0.717) is 38.4 Å². The molecule has 1 aromatic rings. The highest BCUT2D eigenvalue weighted by atomic mass is 127. The van der Waals surface area contributed by atoms with E-state index >= 15 is 0 Å². The van der Waals surface area contributed by atoms with Crippen LogP contribution in [0.15, 0.2) is 29.3 Å². The first-order chi connectivity index (χ1) is 11.9. The minimum atomic E-state index is -2.95. The third-order valence-electron chi connectivity index (χ3n) is 3.90. The number of rotatable bonds is 7. The molecule has 1 aliphatic rings. The number of hydrogen-bond acceptors (Lipinski definition) is 4. The van der Waals surface area contributed by atoms with Gasteiger partial charge in [0.15, 0.2) is 5.96 Å². The van der Waals surface area contributed by atoms with Crippen LogP contribution in [0, 0.1) is 0 Å². The van der Waals surface area contributed by atoms with Crippen LogP contribution in [-0.2, 0) is 14.6 Å². The Hall–Kier alpha value is -1.36. The van der Waals surface area contributed by atoms with Crippen molar-refractivity contribution in [1.29, 1.82) is 0 Å². The molecule has 0 radical (unpaired) electrons. The molecule has 1 aliphatic heterocycles. The van der Waals surface area contributed by atoms with Gasteiger partial charge in [0.25, 0.3) is 0 Å². The zero-order valence-corrected chi connectivity index (χ0v) is 18.3. The fraction of sp³-hybridized carbons (Fsp3) is 0.529. The van der Waals surface area contributed by atoms with E-state index in [4.69, 9.17) is 0 Å². The van der Waals surface area contributed by atoms with Crippen molar-refractivity contribution in [2.75, 3.05) is 37.0 Å². The van der Waals surface area contributed by atoms with Crippen molar-refractivity contribution >= 4 is 51.4 Å². The molecular weight excluding hydrogens is 467 g/mol. The van der Waals surface area contributed by atoms with Crippen molar-refractivity contribution in [1.82, 2.24) is 10.6 Å². The molecular formula is C17H27IN4O3S. The SMILES string of the molecule is CCNC(=NCC1CC(=O)Nc2ccccc21)NCCCS(C)(=O)=O.I. The van der Waals surface area contributed by atoms with Crippen molar-refractivity contribution < 1.29 is 13.2 Å². The lowest BCUT2D eigenvalue weighted by Gasteiger charge is -2.24. The van der Waals surface area contributed by atoms with Gasteiger partial charge < -0.3 is 16.0 Å². The molecule has 2 rings (SSSR count). The van der Waals surface area contributed by atoms with E-state index in [2.05, 4.69) is 20.9 Å². The Morgan fingerprint density at radius 2 is 2.04 bits per heavy atom. The number of nitrogens with zero attached hydrogens (tertiary/aromatic N) is 1. The summed E-state index contributed by atoms with van der Waals surface area (Å²) < 4.78 is 22.3. The van der Waals surface area contributed by atoms with Gasteiger partial charge in [-0.25, -0.2) is 8.42 Å². The minimum Gasteiger partial charge on any atom is -0.357 e. The topological polar surface area (TPSA) is 99.7 Å². The number of benzene rings is 1. The first kappa shape index (κ1) is 22.7. The lowest BCUT2D eigenvalue weighted by atomic mass is 9.91. The number of halogens is 1. The van der Waals surface area contributed by atoms with Gasteiger partial charge in [0.2, 0.25) is 5.91 Å². The van der Waals surface area contributed by atoms with Crippen LogP contribution < -0.4 is 16.0 Å². The maximum atomic E-state index is 11.9. The van der Waals surface area contributed by atoms with E-state index in [1.54, 1.807) is 0 Å². The summed E-state index contributed by atoms with van der Waals surface area (Å²) in [7, 11) is -2.95. The van der Waals surface area contributed by atoms with Gasteiger partial charge in [-0.15, -0.1) is 24.0 Å². The van der Waals surface area contributed by atoms with Crippen molar-refractivity contribution in [3.05, 3.63) is 29.8 Å². The molecule has 0 bridgehead atoms. The first-order valence-electron chi connectivity index (χ1n) is 8.47. The molecule has 0 fully saturated rings. The summed E-state index contributed by atoms with van der Waals surface area (Å²) in [6, 6.07) is 7.78. The average molecular weight is 494 g/mol. The van der Waals surface area contributed by atoms with Gasteiger partial charge in [-0.3, -0.25) is 9.79 Å². The Kier molecular flexibility index (Phi) is 9.34. The molecule has 1 heterocycles. The Morgan fingerprint density at radius 3 is 2.73 bits per heavy atom. The van der Waals surface area contributed by atoms with Gasteiger partial charge in [-0.1, -0.05) is 18.2 Å². The third-order valence-corrected chi connectivity index (χ3v) is 4.94. The van der Waals surface area contributed by atoms with E-state index in [0.717, 1.165) is 11.3 Å². The Balaban J connectivity index is 0.00000338. The molecule has 7 nitrogen and oxygen atoms in total. The number of guanidine groups is 1. The highest BCUT2D eigenvalue weighted by molar-refractivity contribution is 14.0. The number of fused-ring (bicyclic) bond motifs is 1. The normalized spacial score (nSPS) is 16.9. The molecule has 3 N–H and O–H groups in total. The quantitative estimate of drug-likeness (QED) is 0.232. The standard InChI is InChI=1S/C17H26N4O3S.HI/c1-3-18-17(19-9-6-10-25(2,23)24)20-12-13-11-16(22)21-15-8-5-4-7-14(13)15;/h4-5,7-8,13H,3,6,9-12H2,1-2H3,(H,21,22)(H2,18,19,20);1H. The Bertz CT molecular complexity index is 737. The zero-order valence-electron chi connectivity index (χ0n) is 15.1. The molecule has 0 spiro atoms. The predicted octanol–water partition coefficient (Wildman–Crippen LogP) is 1.72. The summed E-state index contributed by atoms with van der Waals surface area (Å²) in [6.45, 7) is 3.70. The maximum Gasteiger partial charge on any atom is 0.225 e. The van der Waals surface area contributed by atoms with Crippen LogP contribution in [0.1, 0.15) is 31.2 Å². The van der Waals surface area contributed by atoms with Crippen LogP contribution in [0.25, 0.3) is 0 Å². The number of amides is 1. The van der Waals surface area contributed by atoms with Crippen molar-refractivity contribution in [2.24, 2.45) is 4.99 Å². The molecule has 26 heavy (non-hydrogen) atoms. The minimum absolute atomic E-state index is 0. The van der Waals surface area contributed by atoms with E-state index in [1.165, 1.54) is 6.26 Å². The molecule has 1 amide bonds. The second-order valence-electron chi connectivity index (χ2n) is 6.17. The fourth-order valence-electron chi connectivity index (χ4n) is 2.75. The Morgan fingerprint density at radius 1 is 1.31 bits per heavy atom. The smallest absolute Gasteiger partial charge is 0.225 e. The second-order valence-corrected chi connectivity index (χ2v) is 8.43. The molecule has 1 unspecified atom stereocenters. The summed E-state index contributed by atoms with van der Waals surface area (Å²) in [5, 5.41) is 9.17. The fourth-order valence-corrected chi connectivity index (χ4v) is 3.42. The third kappa shape index (κ3) is 7.48. The number of carbonyl (C=O) groups excluding carboxylic acids is 1. The summed E-state index contributed by atoms with van der Waals surface area (Å²) in [5.41, 5.74) is 1.95. The van der Waals surface area contributed by atoms with Crippen LogP contribution in [-0.4, -0.2) is 51.9 Å². The summed E-state index contributed by atoms with van der Waals surface area (Å²) in [4.78, 5) is 16.4. The number of hydrogen-bond donors (Lipinski definition) is 3. The number of carbonyl (C=O) groups is 1. The number of aliphatic imine (C=N–C) groups is 1. The zero-order chi connectivity index (χ0) is 18.3. The predicted molar refractivity (Wildman–Crippen MR) is 116 cm³/mol. The van der Waals surface area contributed by atoms with E-state index in [-0.39, 0.29) is 41.6 Å². The van der Waals surface area contributed by atoms with Crippen LogP contribution in [0.4, 0.5) is 5.69 Å². The summed E-state index contributed by atoms with van der Waals surface area (Å²) in [5.74, 6) is 0.830. The maximum absolute atomic E-state index is 11.9. The van der Waals surface area contributed by atoms with Gasteiger partial charge in [-0.05, 0) is 25.0 Å². The molecule has 1 atom stereocenters. The van der Waals surface area contributed by atoms with Gasteiger partial charge in [0.05, 0.1) is 12.3 Å². The molecule has 0 aliphatic carbocycles. The molecule has 0 aromatic heterocycles. The number of sulfone groups is 1.